The van der Waals surface area contributed by atoms with Crippen LogP contribution in [0, 0.1) is 11.8 Å². The van der Waals surface area contributed by atoms with Crippen LogP contribution in [0.3, 0.4) is 0 Å². The zero-order valence-corrected chi connectivity index (χ0v) is 12.2. The van der Waals surface area contributed by atoms with Crippen molar-refractivity contribution >= 4 is 5.94 Å². The predicted octanol–water partition coefficient (Wildman–Crippen LogP) is 4.40. The number of hydrogen-bond donors (Lipinski definition) is 0. The van der Waals surface area contributed by atoms with Crippen molar-refractivity contribution < 1.29 is 4.79 Å². The fraction of sp³-hybridized carbons (Fsp3) is 0.529. The molecule has 0 bridgehead atoms. The van der Waals surface area contributed by atoms with Gasteiger partial charge in [-0.05, 0) is 29.4 Å². The molecule has 0 radical (unpaired) electrons. The molecule has 0 aromatic heterocycles. The summed E-state index contributed by atoms with van der Waals surface area (Å²) in [5, 5.41) is 0. The van der Waals surface area contributed by atoms with Gasteiger partial charge in [-0.25, -0.2) is 4.79 Å². The SMILES string of the molecule is CC(C)Cc1ccc(C(C)C(=C=O)C(C)C)cc1. The van der Waals surface area contributed by atoms with Crippen LogP contribution in [0.15, 0.2) is 29.8 Å². The van der Waals surface area contributed by atoms with Crippen LogP contribution in [0.25, 0.3) is 0 Å². The van der Waals surface area contributed by atoms with E-state index in [1.807, 2.05) is 13.8 Å². The lowest BCUT2D eigenvalue weighted by molar-refractivity contribution is 0.558. The fourth-order valence-corrected chi connectivity index (χ4v) is 2.30. The highest BCUT2D eigenvalue weighted by atomic mass is 16.1. The maximum Gasteiger partial charge on any atom is 0.124 e. The van der Waals surface area contributed by atoms with Gasteiger partial charge in [-0.15, -0.1) is 0 Å². The van der Waals surface area contributed by atoms with E-state index in [9.17, 15) is 4.79 Å². The standard InChI is InChI=1S/C17H24O/c1-12(2)10-15-6-8-16(9-7-15)14(5)17(11-18)13(3)4/h6-9,12-14H,10H2,1-5H3. The molecule has 0 heterocycles. The molecule has 0 aliphatic rings. The number of allylic oxidation sites excluding steroid dienone is 1. The summed E-state index contributed by atoms with van der Waals surface area (Å²) in [6.07, 6.45) is 1.11. The van der Waals surface area contributed by atoms with Gasteiger partial charge in [0.1, 0.15) is 5.94 Å². The van der Waals surface area contributed by atoms with Crippen LogP contribution >= 0.6 is 0 Å². The quantitative estimate of drug-likeness (QED) is 0.701. The lowest BCUT2D eigenvalue weighted by Crippen LogP contribution is -2.05. The van der Waals surface area contributed by atoms with Gasteiger partial charge in [0.2, 0.25) is 0 Å². The number of benzene rings is 1. The largest absolute Gasteiger partial charge is 0.234 e. The van der Waals surface area contributed by atoms with Gasteiger partial charge in [-0.3, -0.25) is 0 Å². The molecule has 1 atom stereocenters. The number of hydrogen-bond acceptors (Lipinski definition) is 1. The Balaban J connectivity index is 2.88. The first-order valence-corrected chi connectivity index (χ1v) is 6.79. The highest BCUT2D eigenvalue weighted by molar-refractivity contribution is 5.56. The van der Waals surface area contributed by atoms with Crippen molar-refractivity contribution in [3.63, 3.8) is 0 Å². The van der Waals surface area contributed by atoms with Gasteiger partial charge in [-0.2, -0.15) is 0 Å². The van der Waals surface area contributed by atoms with Crippen molar-refractivity contribution in [1.29, 1.82) is 0 Å². The highest BCUT2D eigenvalue weighted by Gasteiger charge is 2.15. The Morgan fingerprint density at radius 2 is 1.61 bits per heavy atom. The van der Waals surface area contributed by atoms with Gasteiger partial charge in [0, 0.05) is 11.5 Å². The minimum Gasteiger partial charge on any atom is -0.234 e. The third-order valence-electron chi connectivity index (χ3n) is 3.33. The Morgan fingerprint density at radius 3 is 2.00 bits per heavy atom. The third-order valence-corrected chi connectivity index (χ3v) is 3.33. The molecule has 1 aromatic rings. The lowest BCUT2D eigenvalue weighted by Gasteiger charge is -2.16. The Hall–Kier alpha value is -1.33. The van der Waals surface area contributed by atoms with Gasteiger partial charge < -0.3 is 0 Å². The van der Waals surface area contributed by atoms with E-state index in [0.717, 1.165) is 12.0 Å². The van der Waals surface area contributed by atoms with E-state index in [-0.39, 0.29) is 11.8 Å². The van der Waals surface area contributed by atoms with Crippen molar-refractivity contribution in [3.05, 3.63) is 41.0 Å². The first-order chi connectivity index (χ1) is 8.45. The van der Waals surface area contributed by atoms with Gasteiger partial charge >= 0.3 is 0 Å². The molecule has 98 valence electrons. The molecule has 1 rings (SSSR count). The molecule has 0 fully saturated rings. The molecule has 0 spiro atoms. The second-order valence-electron chi connectivity index (χ2n) is 5.77. The smallest absolute Gasteiger partial charge is 0.124 e. The molecule has 1 aromatic carbocycles. The van der Waals surface area contributed by atoms with E-state index in [4.69, 9.17) is 0 Å². The van der Waals surface area contributed by atoms with E-state index < -0.39 is 0 Å². The van der Waals surface area contributed by atoms with E-state index in [0.29, 0.717) is 5.92 Å². The van der Waals surface area contributed by atoms with Gasteiger partial charge in [0.25, 0.3) is 0 Å². The summed E-state index contributed by atoms with van der Waals surface area (Å²) >= 11 is 0. The molecule has 1 heteroatoms. The van der Waals surface area contributed by atoms with Crippen molar-refractivity contribution in [3.8, 4) is 0 Å². The Morgan fingerprint density at radius 1 is 1.06 bits per heavy atom. The zero-order chi connectivity index (χ0) is 13.7. The average molecular weight is 244 g/mol. The van der Waals surface area contributed by atoms with Gasteiger partial charge in [0.15, 0.2) is 0 Å². The second-order valence-corrected chi connectivity index (χ2v) is 5.77. The number of carbonyl (C=O) groups excluding carboxylic acids is 1. The van der Waals surface area contributed by atoms with Crippen molar-refractivity contribution in [2.24, 2.45) is 11.8 Å². The molecular weight excluding hydrogens is 220 g/mol. The molecule has 1 nitrogen and oxygen atoms in total. The highest BCUT2D eigenvalue weighted by Crippen LogP contribution is 2.27. The van der Waals surface area contributed by atoms with Crippen LogP contribution in [0.4, 0.5) is 0 Å². The van der Waals surface area contributed by atoms with Crippen LogP contribution in [-0.2, 0) is 11.2 Å². The van der Waals surface area contributed by atoms with Crippen LogP contribution in [-0.4, -0.2) is 5.94 Å². The van der Waals surface area contributed by atoms with Crippen LogP contribution in [0.1, 0.15) is 51.7 Å². The number of rotatable bonds is 5. The summed E-state index contributed by atoms with van der Waals surface area (Å²) < 4.78 is 0. The van der Waals surface area contributed by atoms with Gasteiger partial charge in [-0.1, -0.05) is 58.9 Å². The first kappa shape index (κ1) is 14.7. The van der Waals surface area contributed by atoms with Crippen LogP contribution in [0.5, 0.6) is 0 Å². The topological polar surface area (TPSA) is 17.1 Å². The Kier molecular flexibility index (Phi) is 5.37. The fourth-order valence-electron chi connectivity index (χ4n) is 2.30. The molecule has 1 unspecified atom stereocenters. The van der Waals surface area contributed by atoms with Crippen molar-refractivity contribution in [2.45, 2.75) is 47.0 Å². The summed E-state index contributed by atoms with van der Waals surface area (Å²) in [4.78, 5) is 11.0. The molecule has 0 N–H and O–H groups in total. The molecular formula is C17H24O. The molecule has 18 heavy (non-hydrogen) atoms. The maximum atomic E-state index is 11.0. The third kappa shape index (κ3) is 3.85. The Bertz CT molecular complexity index is 419. The van der Waals surface area contributed by atoms with E-state index in [1.165, 1.54) is 11.1 Å². The minimum atomic E-state index is 0.163. The predicted molar refractivity (Wildman–Crippen MR) is 77.4 cm³/mol. The van der Waals surface area contributed by atoms with Gasteiger partial charge in [0.05, 0.1) is 0 Å². The second kappa shape index (κ2) is 6.56. The lowest BCUT2D eigenvalue weighted by atomic mass is 9.86. The molecule has 0 aliphatic carbocycles. The van der Waals surface area contributed by atoms with Crippen molar-refractivity contribution in [1.82, 2.24) is 0 Å². The van der Waals surface area contributed by atoms with Crippen LogP contribution < -0.4 is 0 Å². The monoisotopic (exact) mass is 244 g/mol. The zero-order valence-electron chi connectivity index (χ0n) is 12.2. The average Bonchev–Trinajstić information content (AvgIpc) is 2.29. The first-order valence-electron chi connectivity index (χ1n) is 6.79. The van der Waals surface area contributed by atoms with E-state index >= 15 is 0 Å². The summed E-state index contributed by atoms with van der Waals surface area (Å²) in [7, 11) is 0. The molecule has 0 saturated heterocycles. The van der Waals surface area contributed by atoms with E-state index in [2.05, 4.69) is 51.0 Å². The normalized spacial score (nSPS) is 12.6. The minimum absolute atomic E-state index is 0.163. The summed E-state index contributed by atoms with van der Waals surface area (Å²) in [6, 6.07) is 8.63. The molecule has 0 saturated carbocycles. The van der Waals surface area contributed by atoms with Crippen LogP contribution in [0.2, 0.25) is 0 Å². The Labute approximate surface area is 111 Å². The van der Waals surface area contributed by atoms with E-state index in [1.54, 1.807) is 0 Å². The summed E-state index contributed by atoms with van der Waals surface area (Å²) in [5.41, 5.74) is 3.42. The summed E-state index contributed by atoms with van der Waals surface area (Å²) in [5.74, 6) is 3.21. The molecule has 0 aliphatic heterocycles. The van der Waals surface area contributed by atoms with Crippen molar-refractivity contribution in [2.75, 3.05) is 0 Å². The molecule has 0 amide bonds. The maximum absolute atomic E-state index is 11.0. The summed E-state index contributed by atoms with van der Waals surface area (Å²) in [6.45, 7) is 10.6.